The summed E-state index contributed by atoms with van der Waals surface area (Å²) in [6.07, 6.45) is 1.09. The predicted octanol–water partition coefficient (Wildman–Crippen LogP) is 7.56. The highest BCUT2D eigenvalue weighted by Crippen LogP contribution is 2.28. The van der Waals surface area contributed by atoms with Crippen molar-refractivity contribution in [1.29, 1.82) is 0 Å². The van der Waals surface area contributed by atoms with E-state index in [4.69, 9.17) is 9.84 Å². The monoisotopic (exact) mass is 547 g/mol. The fourth-order valence-electron chi connectivity index (χ4n) is 4.42. The normalized spacial score (nSPS) is 11.1. The van der Waals surface area contributed by atoms with E-state index in [1.54, 1.807) is 13.8 Å². The van der Waals surface area contributed by atoms with Gasteiger partial charge in [0.1, 0.15) is 17.1 Å². The Morgan fingerprint density at radius 1 is 0.821 bits per heavy atom. The number of carbonyl (C=O) groups is 1. The van der Waals surface area contributed by atoms with E-state index < -0.39 is 5.97 Å². The number of hydrogen-bond acceptors (Lipinski definition) is 5. The van der Waals surface area contributed by atoms with Crippen LogP contribution >= 0.6 is 12.4 Å². The molecule has 0 radical (unpaired) electrons. The number of carbonyl (C=O) groups excluding carboxylic acids is 1. The van der Waals surface area contributed by atoms with E-state index in [0.29, 0.717) is 17.5 Å². The number of phenols is 2. The van der Waals surface area contributed by atoms with Gasteiger partial charge < -0.3 is 20.3 Å². The largest absolute Gasteiger partial charge is 0.508 e. The van der Waals surface area contributed by atoms with Crippen molar-refractivity contribution in [3.8, 4) is 11.5 Å². The van der Waals surface area contributed by atoms with Crippen LogP contribution in [0, 0.1) is 6.92 Å². The van der Waals surface area contributed by atoms with Crippen LogP contribution in [0.2, 0.25) is 0 Å². The molecule has 0 saturated carbocycles. The van der Waals surface area contributed by atoms with E-state index in [9.17, 15) is 9.90 Å². The lowest BCUT2D eigenvalue weighted by molar-refractivity contribution is 0.0522. The number of ether oxygens (including phenoxy) is 1. The summed E-state index contributed by atoms with van der Waals surface area (Å²) in [6.45, 7) is 6.77. The average molecular weight is 548 g/mol. The van der Waals surface area contributed by atoms with Gasteiger partial charge in [0, 0.05) is 18.0 Å². The molecule has 4 aromatic carbocycles. The van der Waals surface area contributed by atoms with Gasteiger partial charge in [0.15, 0.2) is 0 Å². The Kier molecular flexibility index (Phi) is 13.1. The third kappa shape index (κ3) is 9.47. The number of phenolic OH excluding ortho intramolecular Hbond substituents is 2. The summed E-state index contributed by atoms with van der Waals surface area (Å²) in [6, 6.07) is 35.1. The van der Waals surface area contributed by atoms with Crippen LogP contribution in [0.1, 0.15) is 64.8 Å². The molecule has 206 valence electrons. The predicted molar refractivity (Wildman–Crippen MR) is 160 cm³/mol. The molecule has 0 aliphatic heterocycles. The van der Waals surface area contributed by atoms with Gasteiger partial charge in [-0.15, -0.1) is 12.4 Å². The molecular weight excluding hydrogens is 510 g/mol. The zero-order valence-electron chi connectivity index (χ0n) is 22.7. The molecule has 4 rings (SSSR count). The Morgan fingerprint density at radius 3 is 1.77 bits per heavy atom. The number of benzene rings is 4. The van der Waals surface area contributed by atoms with Gasteiger partial charge in [0.25, 0.3) is 0 Å². The Morgan fingerprint density at radius 2 is 1.31 bits per heavy atom. The first kappa shape index (κ1) is 31.4. The highest BCUT2D eigenvalue weighted by Gasteiger charge is 2.16. The van der Waals surface area contributed by atoms with Crippen molar-refractivity contribution in [3.63, 3.8) is 0 Å². The van der Waals surface area contributed by atoms with E-state index >= 15 is 0 Å². The molecule has 0 spiro atoms. The van der Waals surface area contributed by atoms with Gasteiger partial charge in [-0.25, -0.2) is 4.79 Å². The maximum Gasteiger partial charge on any atom is 0.342 e. The molecule has 0 aromatic heterocycles. The minimum atomic E-state index is -0.581. The van der Waals surface area contributed by atoms with E-state index in [0.717, 1.165) is 19.0 Å². The summed E-state index contributed by atoms with van der Waals surface area (Å²) in [5.41, 5.74) is 4.70. The third-order valence-electron chi connectivity index (χ3n) is 6.37. The van der Waals surface area contributed by atoms with Gasteiger partial charge in [-0.1, -0.05) is 91.0 Å². The van der Waals surface area contributed by atoms with Crippen LogP contribution in [0.25, 0.3) is 0 Å². The lowest BCUT2D eigenvalue weighted by atomic mass is 9.88. The van der Waals surface area contributed by atoms with E-state index in [2.05, 4.69) is 103 Å². The van der Waals surface area contributed by atoms with Crippen molar-refractivity contribution in [2.24, 2.45) is 0 Å². The molecule has 4 aromatic rings. The summed E-state index contributed by atoms with van der Waals surface area (Å²) in [5, 5.41) is 22.2. The molecule has 6 heteroatoms. The summed E-state index contributed by atoms with van der Waals surface area (Å²) < 4.78 is 4.75. The zero-order chi connectivity index (χ0) is 27.3. The second-order valence-corrected chi connectivity index (χ2v) is 9.13. The van der Waals surface area contributed by atoms with Gasteiger partial charge in [0.05, 0.1) is 6.61 Å². The Hall–Kier alpha value is -3.80. The number of esters is 1. The van der Waals surface area contributed by atoms with Crippen molar-refractivity contribution >= 4 is 18.4 Å². The molecule has 1 unspecified atom stereocenters. The lowest BCUT2D eigenvalue weighted by Gasteiger charge is -2.20. The van der Waals surface area contributed by atoms with Crippen LogP contribution in [0.5, 0.6) is 11.5 Å². The molecule has 0 fully saturated rings. The molecular formula is C33H38ClNO4. The standard InChI is InChI=1S/C23H25N.C10H12O4.ClH/c1-19(20-11-5-2-6-12-20)24-18-17-23(21-13-7-3-8-14-21)22-15-9-4-10-16-22;1-3-14-10(13)9-6(2)4-7(11)5-8(9)12;/h2-16,19,23-24H,17-18H2,1H3;4-5,11-12H,3H2,1-2H3;1H. The first-order valence-corrected chi connectivity index (χ1v) is 13.0. The van der Waals surface area contributed by atoms with Crippen LogP contribution in [0.15, 0.2) is 103 Å². The first-order valence-electron chi connectivity index (χ1n) is 13.0. The van der Waals surface area contributed by atoms with Gasteiger partial charge >= 0.3 is 5.97 Å². The van der Waals surface area contributed by atoms with Crippen LogP contribution in [0.4, 0.5) is 0 Å². The van der Waals surface area contributed by atoms with Crippen LogP contribution in [-0.4, -0.2) is 29.3 Å². The molecule has 0 saturated heterocycles. The van der Waals surface area contributed by atoms with Gasteiger partial charge in [0.2, 0.25) is 0 Å². The number of rotatable bonds is 9. The van der Waals surface area contributed by atoms with Crippen molar-refractivity contribution in [2.75, 3.05) is 13.2 Å². The van der Waals surface area contributed by atoms with Gasteiger partial charge in [-0.2, -0.15) is 0 Å². The molecule has 1 atom stereocenters. The summed E-state index contributed by atoms with van der Waals surface area (Å²) in [5.74, 6) is -0.487. The maximum absolute atomic E-state index is 11.3. The summed E-state index contributed by atoms with van der Waals surface area (Å²) >= 11 is 0. The van der Waals surface area contributed by atoms with E-state index in [1.807, 2.05) is 0 Å². The maximum atomic E-state index is 11.3. The van der Waals surface area contributed by atoms with Crippen molar-refractivity contribution in [2.45, 2.75) is 39.2 Å². The average Bonchev–Trinajstić information content (AvgIpc) is 2.92. The molecule has 0 aliphatic carbocycles. The number of halogens is 1. The third-order valence-corrected chi connectivity index (χ3v) is 6.37. The van der Waals surface area contributed by atoms with Crippen molar-refractivity contribution < 1.29 is 19.7 Å². The second kappa shape index (κ2) is 16.2. The van der Waals surface area contributed by atoms with Gasteiger partial charge in [-0.05, 0) is 62.1 Å². The van der Waals surface area contributed by atoms with Crippen LogP contribution in [0.3, 0.4) is 0 Å². The van der Waals surface area contributed by atoms with Gasteiger partial charge in [-0.3, -0.25) is 0 Å². The summed E-state index contributed by atoms with van der Waals surface area (Å²) in [4.78, 5) is 11.3. The molecule has 0 bridgehead atoms. The second-order valence-electron chi connectivity index (χ2n) is 9.13. The van der Waals surface area contributed by atoms with Crippen molar-refractivity contribution in [3.05, 3.63) is 131 Å². The molecule has 3 N–H and O–H groups in total. The molecule has 0 amide bonds. The first-order chi connectivity index (χ1) is 18.4. The fraction of sp³-hybridized carbons (Fsp3) is 0.242. The van der Waals surface area contributed by atoms with Crippen LogP contribution < -0.4 is 5.32 Å². The molecule has 5 nitrogen and oxygen atoms in total. The number of aryl methyl sites for hydroxylation is 1. The number of hydrogen-bond donors (Lipinski definition) is 3. The minimum absolute atomic E-state index is 0. The zero-order valence-corrected chi connectivity index (χ0v) is 23.5. The molecule has 0 heterocycles. The SMILES string of the molecule is CC(NCCC(c1ccccc1)c1ccccc1)c1ccccc1.CCOC(=O)c1c(C)cc(O)cc1O.Cl. The lowest BCUT2D eigenvalue weighted by Crippen LogP contribution is -2.21. The van der Waals surface area contributed by atoms with E-state index in [-0.39, 0.29) is 36.1 Å². The minimum Gasteiger partial charge on any atom is -0.508 e. The molecule has 0 aliphatic rings. The fourth-order valence-corrected chi connectivity index (χ4v) is 4.42. The Balaban J connectivity index is 0.000000306. The summed E-state index contributed by atoms with van der Waals surface area (Å²) in [7, 11) is 0. The van der Waals surface area contributed by atoms with E-state index in [1.165, 1.54) is 22.8 Å². The smallest absolute Gasteiger partial charge is 0.342 e. The highest BCUT2D eigenvalue weighted by atomic mass is 35.5. The topological polar surface area (TPSA) is 78.8 Å². The van der Waals surface area contributed by atoms with Crippen molar-refractivity contribution in [1.82, 2.24) is 5.32 Å². The Labute approximate surface area is 237 Å². The van der Waals surface area contributed by atoms with Crippen LogP contribution in [-0.2, 0) is 4.74 Å². The highest BCUT2D eigenvalue weighted by molar-refractivity contribution is 5.94. The number of nitrogens with one attached hydrogen (secondary N) is 1. The Bertz CT molecular complexity index is 1200. The number of aromatic hydroxyl groups is 2. The molecule has 39 heavy (non-hydrogen) atoms. The quantitative estimate of drug-likeness (QED) is 0.188.